The van der Waals surface area contributed by atoms with Crippen LogP contribution >= 0.6 is 40.7 Å². The lowest BCUT2D eigenvalue weighted by atomic mass is 9.89. The fraction of sp³-hybridized carbons (Fsp3) is 0.625. The van der Waals surface area contributed by atoms with Gasteiger partial charge in [-0.1, -0.05) is 28.8 Å². The van der Waals surface area contributed by atoms with Crippen LogP contribution in [0.4, 0.5) is 5.69 Å². The van der Waals surface area contributed by atoms with Gasteiger partial charge in [-0.25, -0.2) is 0 Å². The van der Waals surface area contributed by atoms with Gasteiger partial charge in [0, 0.05) is 48.3 Å². The molecule has 1 aliphatic carbocycles. The van der Waals surface area contributed by atoms with Crippen LogP contribution in [0.1, 0.15) is 37.3 Å². The molecule has 1 aromatic carbocycles. The van der Waals surface area contributed by atoms with Gasteiger partial charge in [-0.2, -0.15) is 0 Å². The Morgan fingerprint density at radius 3 is 2.40 bits per heavy atom. The number of benzene rings is 1. The predicted octanol–water partition coefficient (Wildman–Crippen LogP) is 4.04. The Morgan fingerprint density at radius 2 is 1.84 bits per heavy atom. The van der Waals surface area contributed by atoms with Crippen molar-refractivity contribution in [1.82, 2.24) is 10.2 Å². The SMILES string of the molecule is Cl.Cl.O=[N+]([O-])c1cc(Br)cc([C@H](C2CCCC2)N2CCNCC2)c1O. The summed E-state index contributed by atoms with van der Waals surface area (Å²) in [5, 5.41) is 25.1. The van der Waals surface area contributed by atoms with Crippen molar-refractivity contribution >= 4 is 46.4 Å². The molecule has 0 bridgehead atoms. The van der Waals surface area contributed by atoms with E-state index in [-0.39, 0.29) is 42.3 Å². The lowest BCUT2D eigenvalue weighted by Gasteiger charge is -2.38. The predicted molar refractivity (Wildman–Crippen MR) is 106 cm³/mol. The summed E-state index contributed by atoms with van der Waals surface area (Å²) < 4.78 is 0.648. The second-order valence-electron chi connectivity index (χ2n) is 6.40. The molecule has 0 amide bonds. The lowest BCUT2D eigenvalue weighted by Crippen LogP contribution is -2.46. The first kappa shape index (κ1) is 22.4. The standard InChI is InChI=1S/C16H22BrN3O3.2ClH/c17-12-9-13(16(21)14(10-12)20(22)23)15(11-3-1-2-4-11)19-7-5-18-6-8-19;;/h9-11,15,18,21H,1-8H2;2*1H/t15-;;/m0../s1. The van der Waals surface area contributed by atoms with Crippen LogP contribution < -0.4 is 5.32 Å². The average molecular weight is 457 g/mol. The molecule has 0 aromatic heterocycles. The van der Waals surface area contributed by atoms with Gasteiger partial charge in [-0.15, -0.1) is 24.8 Å². The van der Waals surface area contributed by atoms with Crippen molar-refractivity contribution < 1.29 is 10.0 Å². The fourth-order valence-electron chi connectivity index (χ4n) is 3.95. The van der Waals surface area contributed by atoms with Gasteiger partial charge < -0.3 is 10.4 Å². The number of nitro benzene ring substituents is 1. The van der Waals surface area contributed by atoms with E-state index in [9.17, 15) is 15.2 Å². The Bertz CT molecular complexity index is 594. The minimum Gasteiger partial charge on any atom is -0.502 e. The molecule has 2 N–H and O–H groups in total. The molecule has 25 heavy (non-hydrogen) atoms. The fourth-order valence-corrected chi connectivity index (χ4v) is 4.42. The van der Waals surface area contributed by atoms with Crippen molar-refractivity contribution in [3.63, 3.8) is 0 Å². The highest BCUT2D eigenvalue weighted by Crippen LogP contribution is 2.46. The Morgan fingerprint density at radius 1 is 1.24 bits per heavy atom. The van der Waals surface area contributed by atoms with E-state index >= 15 is 0 Å². The van der Waals surface area contributed by atoms with Gasteiger partial charge in [0.05, 0.1) is 4.92 Å². The van der Waals surface area contributed by atoms with E-state index in [2.05, 4.69) is 26.1 Å². The van der Waals surface area contributed by atoms with Crippen LogP contribution in [0.3, 0.4) is 0 Å². The number of phenolic OH excluding ortho intramolecular Hbond substituents is 1. The molecular weight excluding hydrogens is 433 g/mol. The number of phenols is 1. The maximum atomic E-state index is 11.2. The second kappa shape index (κ2) is 9.92. The van der Waals surface area contributed by atoms with E-state index < -0.39 is 4.92 Å². The molecule has 1 aromatic rings. The number of nitrogens with zero attached hydrogens (tertiary/aromatic N) is 2. The van der Waals surface area contributed by atoms with Crippen molar-refractivity contribution in [2.45, 2.75) is 31.7 Å². The van der Waals surface area contributed by atoms with E-state index in [0.717, 1.165) is 39.0 Å². The third kappa shape index (κ3) is 4.98. The van der Waals surface area contributed by atoms with E-state index in [1.807, 2.05) is 6.07 Å². The highest BCUT2D eigenvalue weighted by Gasteiger charge is 2.35. The van der Waals surface area contributed by atoms with Crippen LogP contribution in [0.15, 0.2) is 16.6 Å². The number of nitro groups is 1. The molecular formula is C16H24BrCl2N3O3. The number of piperazine rings is 1. The number of aromatic hydroxyl groups is 1. The molecule has 0 radical (unpaired) electrons. The molecule has 3 rings (SSSR count). The lowest BCUT2D eigenvalue weighted by molar-refractivity contribution is -0.386. The molecule has 1 heterocycles. The molecule has 142 valence electrons. The first-order valence-electron chi connectivity index (χ1n) is 8.19. The zero-order chi connectivity index (χ0) is 16.4. The Balaban J connectivity index is 0.00000156. The minimum absolute atomic E-state index is 0. The molecule has 1 saturated heterocycles. The largest absolute Gasteiger partial charge is 0.502 e. The van der Waals surface area contributed by atoms with Crippen LogP contribution in [0, 0.1) is 16.0 Å². The van der Waals surface area contributed by atoms with E-state index in [4.69, 9.17) is 0 Å². The van der Waals surface area contributed by atoms with Gasteiger partial charge in [0.1, 0.15) is 0 Å². The third-order valence-corrected chi connectivity index (χ3v) is 5.45. The Kier molecular flexibility index (Phi) is 8.91. The van der Waals surface area contributed by atoms with Crippen molar-refractivity contribution in [3.8, 4) is 5.75 Å². The van der Waals surface area contributed by atoms with Crippen molar-refractivity contribution in [1.29, 1.82) is 0 Å². The number of rotatable bonds is 4. The average Bonchev–Trinajstić information content (AvgIpc) is 3.05. The first-order valence-corrected chi connectivity index (χ1v) is 8.99. The summed E-state index contributed by atoms with van der Waals surface area (Å²) in [6.07, 6.45) is 4.64. The normalized spacial score (nSPS) is 19.7. The second-order valence-corrected chi connectivity index (χ2v) is 7.31. The van der Waals surface area contributed by atoms with Crippen LogP contribution in [-0.4, -0.2) is 41.1 Å². The third-order valence-electron chi connectivity index (χ3n) is 4.99. The zero-order valence-corrected chi connectivity index (χ0v) is 17.0. The van der Waals surface area contributed by atoms with Gasteiger partial charge in [0.2, 0.25) is 0 Å². The summed E-state index contributed by atoms with van der Waals surface area (Å²) in [5.41, 5.74) is 0.479. The van der Waals surface area contributed by atoms with Crippen LogP contribution in [0.2, 0.25) is 0 Å². The molecule has 2 fully saturated rings. The molecule has 1 aliphatic heterocycles. The minimum atomic E-state index is -0.507. The molecule has 0 unspecified atom stereocenters. The maximum absolute atomic E-state index is 11.2. The van der Waals surface area contributed by atoms with Crippen LogP contribution in [0.5, 0.6) is 5.75 Å². The number of hydrogen-bond donors (Lipinski definition) is 2. The zero-order valence-electron chi connectivity index (χ0n) is 13.8. The van der Waals surface area contributed by atoms with Crippen LogP contribution in [-0.2, 0) is 0 Å². The summed E-state index contributed by atoms with van der Waals surface area (Å²) in [6, 6.07) is 3.28. The number of nitrogens with one attached hydrogen (secondary N) is 1. The molecule has 9 heteroatoms. The van der Waals surface area contributed by atoms with Crippen molar-refractivity contribution in [2.75, 3.05) is 26.2 Å². The highest BCUT2D eigenvalue weighted by atomic mass is 79.9. The van der Waals surface area contributed by atoms with Gasteiger partial charge in [-0.05, 0) is 24.8 Å². The summed E-state index contributed by atoms with van der Waals surface area (Å²) in [6.45, 7) is 3.64. The van der Waals surface area contributed by atoms with Crippen LogP contribution in [0.25, 0.3) is 0 Å². The summed E-state index contributed by atoms with van der Waals surface area (Å²) in [5.74, 6) is 0.279. The molecule has 6 nitrogen and oxygen atoms in total. The summed E-state index contributed by atoms with van der Waals surface area (Å²) in [4.78, 5) is 13.1. The molecule has 2 aliphatic rings. The number of hydrogen-bond acceptors (Lipinski definition) is 5. The molecule has 1 atom stereocenters. The van der Waals surface area contributed by atoms with Gasteiger partial charge >= 0.3 is 5.69 Å². The van der Waals surface area contributed by atoms with Gasteiger partial charge in [0.25, 0.3) is 0 Å². The van der Waals surface area contributed by atoms with E-state index in [0.29, 0.717) is 16.0 Å². The summed E-state index contributed by atoms with van der Waals surface area (Å²) >= 11 is 3.37. The van der Waals surface area contributed by atoms with Crippen molar-refractivity contribution in [3.05, 3.63) is 32.3 Å². The van der Waals surface area contributed by atoms with Crippen molar-refractivity contribution in [2.24, 2.45) is 5.92 Å². The van der Waals surface area contributed by atoms with E-state index in [1.54, 1.807) is 0 Å². The maximum Gasteiger partial charge on any atom is 0.312 e. The number of halogens is 3. The quantitative estimate of drug-likeness (QED) is 0.527. The molecule has 0 spiro atoms. The Labute approximate surface area is 168 Å². The summed E-state index contributed by atoms with van der Waals surface area (Å²) in [7, 11) is 0. The Hall–Kier alpha value is -0.600. The molecule has 1 saturated carbocycles. The van der Waals surface area contributed by atoms with Gasteiger partial charge in [0.15, 0.2) is 5.75 Å². The first-order chi connectivity index (χ1) is 11.1. The monoisotopic (exact) mass is 455 g/mol. The van der Waals surface area contributed by atoms with E-state index in [1.165, 1.54) is 18.9 Å². The topological polar surface area (TPSA) is 78.6 Å². The van der Waals surface area contributed by atoms with Gasteiger partial charge in [-0.3, -0.25) is 15.0 Å². The highest BCUT2D eigenvalue weighted by molar-refractivity contribution is 9.10. The smallest absolute Gasteiger partial charge is 0.312 e.